The molecule has 0 aromatic heterocycles. The summed E-state index contributed by atoms with van der Waals surface area (Å²) in [6, 6.07) is 30.9. The van der Waals surface area contributed by atoms with Crippen LogP contribution >= 0.6 is 0 Å². The Kier molecular flexibility index (Phi) is 5.58. The van der Waals surface area contributed by atoms with Gasteiger partial charge in [-0.05, 0) is 21.5 Å². The average molecular weight is 342 g/mol. The summed E-state index contributed by atoms with van der Waals surface area (Å²) in [5, 5.41) is 3.46. The van der Waals surface area contributed by atoms with Crippen LogP contribution in [0, 0.1) is 11.8 Å². The molecule has 0 radical (unpaired) electrons. The Morgan fingerprint density at radius 2 is 1.12 bits per heavy atom. The molecule has 0 heterocycles. The van der Waals surface area contributed by atoms with Gasteiger partial charge in [-0.3, -0.25) is 4.79 Å². The maximum atomic E-state index is 10.5. The lowest BCUT2D eigenvalue weighted by molar-refractivity contribution is -0.103. The summed E-state index contributed by atoms with van der Waals surface area (Å²) in [4.78, 5) is 10.5. The lowest BCUT2D eigenvalue weighted by atomic mass is 10.3. The van der Waals surface area contributed by atoms with Crippen LogP contribution < -0.4 is 15.6 Å². The maximum absolute atomic E-state index is 10.5. The van der Waals surface area contributed by atoms with Crippen LogP contribution in [0.4, 0.5) is 0 Å². The molecule has 0 atom stereocenters. The van der Waals surface area contributed by atoms with Crippen LogP contribution in [-0.2, 0) is 9.22 Å². The van der Waals surface area contributed by atoms with E-state index in [-0.39, 0.29) is 6.61 Å². The van der Waals surface area contributed by atoms with E-state index in [9.17, 15) is 4.79 Å². The molecule has 3 aromatic carbocycles. The van der Waals surface area contributed by atoms with Gasteiger partial charge in [-0.25, -0.2) is 0 Å². The van der Waals surface area contributed by atoms with Crippen molar-refractivity contribution >= 4 is 30.2 Å². The molecule has 0 aliphatic rings. The summed E-state index contributed by atoms with van der Waals surface area (Å²) in [5.74, 6) is 5.24. The fraction of sp³-hybridized carbons (Fsp3) is 0.0455. The molecule has 0 N–H and O–H groups in total. The van der Waals surface area contributed by atoms with Gasteiger partial charge in [-0.2, -0.15) is 0 Å². The van der Waals surface area contributed by atoms with Gasteiger partial charge in [0, 0.05) is 0 Å². The molecule has 3 heteroatoms. The van der Waals surface area contributed by atoms with Gasteiger partial charge in [0.05, 0.1) is 6.61 Å². The number of hydrogen-bond acceptors (Lipinski definition) is 2. The van der Waals surface area contributed by atoms with Crippen molar-refractivity contribution in [1.29, 1.82) is 0 Å². The molecule has 0 amide bonds. The zero-order valence-corrected chi connectivity index (χ0v) is 14.8. The highest BCUT2D eigenvalue weighted by atomic mass is 28.4. The Hall–Kier alpha value is -2.93. The van der Waals surface area contributed by atoms with E-state index in [1.54, 1.807) is 0 Å². The Morgan fingerprint density at radius 3 is 1.48 bits per heavy atom. The van der Waals surface area contributed by atoms with Gasteiger partial charge in [-0.1, -0.05) is 96.9 Å². The van der Waals surface area contributed by atoms with Crippen molar-refractivity contribution in [2.45, 2.75) is 0 Å². The third-order valence-corrected chi connectivity index (χ3v) is 8.08. The van der Waals surface area contributed by atoms with Crippen LogP contribution in [0.2, 0.25) is 0 Å². The molecular formula is C22H18O2Si. The molecule has 25 heavy (non-hydrogen) atoms. The molecule has 122 valence electrons. The molecule has 0 spiro atoms. The molecule has 0 saturated carbocycles. The van der Waals surface area contributed by atoms with E-state index in [0.29, 0.717) is 6.29 Å². The standard InChI is InChI=1S/C22H18O2Si/c23-18-10-11-19-24-25(20-12-4-1-5-13-20,21-14-6-2-7-15-21)22-16-8-3-9-17-22/h1-9,12-18H,19H2. The van der Waals surface area contributed by atoms with Crippen molar-refractivity contribution in [2.75, 3.05) is 6.61 Å². The number of rotatable bonds is 5. The molecule has 0 aliphatic carbocycles. The minimum Gasteiger partial charge on any atom is -0.393 e. The van der Waals surface area contributed by atoms with E-state index in [0.717, 1.165) is 15.6 Å². The molecular weight excluding hydrogens is 324 g/mol. The third kappa shape index (κ3) is 3.61. The normalized spacial score (nSPS) is 10.6. The zero-order valence-electron chi connectivity index (χ0n) is 13.8. The maximum Gasteiger partial charge on any atom is 0.289 e. The number of aldehydes is 1. The minimum atomic E-state index is -2.69. The van der Waals surface area contributed by atoms with E-state index in [4.69, 9.17) is 4.43 Å². The molecule has 0 aliphatic heterocycles. The molecule has 0 bridgehead atoms. The van der Waals surface area contributed by atoms with Gasteiger partial charge in [0.1, 0.15) is 0 Å². The predicted octanol–water partition coefficient (Wildman–Crippen LogP) is 1.87. The molecule has 2 nitrogen and oxygen atoms in total. The minimum absolute atomic E-state index is 0.212. The quantitative estimate of drug-likeness (QED) is 0.306. The van der Waals surface area contributed by atoms with Crippen LogP contribution in [0.1, 0.15) is 0 Å². The van der Waals surface area contributed by atoms with E-state index in [2.05, 4.69) is 48.2 Å². The van der Waals surface area contributed by atoms with Crippen LogP contribution in [-0.4, -0.2) is 21.2 Å². The SMILES string of the molecule is O=CC#CCO[Si](c1ccccc1)(c1ccccc1)c1ccccc1. The zero-order chi connectivity index (χ0) is 17.4. The lowest BCUT2D eigenvalue weighted by Gasteiger charge is -2.32. The van der Waals surface area contributed by atoms with Crippen molar-refractivity contribution in [2.24, 2.45) is 0 Å². The van der Waals surface area contributed by atoms with Crippen LogP contribution in [0.15, 0.2) is 91.0 Å². The van der Waals surface area contributed by atoms with E-state index >= 15 is 0 Å². The summed E-state index contributed by atoms with van der Waals surface area (Å²) < 4.78 is 6.50. The first-order valence-electron chi connectivity index (χ1n) is 8.10. The summed E-state index contributed by atoms with van der Waals surface area (Å²) in [5.41, 5.74) is 0. The molecule has 3 aromatic rings. The molecule has 0 saturated heterocycles. The molecule has 0 fully saturated rings. The predicted molar refractivity (Wildman–Crippen MR) is 104 cm³/mol. The average Bonchev–Trinajstić information content (AvgIpc) is 2.70. The van der Waals surface area contributed by atoms with E-state index in [1.807, 2.05) is 54.6 Å². The Morgan fingerprint density at radius 1 is 0.720 bits per heavy atom. The second-order valence-corrected chi connectivity index (χ2v) is 8.89. The first-order valence-corrected chi connectivity index (χ1v) is 10.0. The van der Waals surface area contributed by atoms with E-state index in [1.165, 1.54) is 0 Å². The third-order valence-electron chi connectivity index (χ3n) is 4.06. The van der Waals surface area contributed by atoms with Gasteiger partial charge in [-0.15, -0.1) is 0 Å². The van der Waals surface area contributed by atoms with Gasteiger partial charge < -0.3 is 4.43 Å². The van der Waals surface area contributed by atoms with Crippen molar-refractivity contribution < 1.29 is 9.22 Å². The highest BCUT2D eigenvalue weighted by molar-refractivity contribution is 7.07. The highest BCUT2D eigenvalue weighted by Crippen LogP contribution is 2.09. The second kappa shape index (κ2) is 8.25. The summed E-state index contributed by atoms with van der Waals surface area (Å²) in [6.07, 6.45) is 0.597. The molecule has 3 rings (SSSR count). The van der Waals surface area contributed by atoms with Gasteiger partial charge >= 0.3 is 0 Å². The first-order chi connectivity index (χ1) is 12.4. The van der Waals surface area contributed by atoms with Crippen LogP contribution in [0.5, 0.6) is 0 Å². The van der Waals surface area contributed by atoms with Crippen molar-refractivity contribution in [3.05, 3.63) is 91.0 Å². The lowest BCUT2D eigenvalue weighted by Crippen LogP contribution is -2.69. The Bertz CT molecular complexity index is 769. The fourth-order valence-electron chi connectivity index (χ4n) is 3.00. The summed E-state index contributed by atoms with van der Waals surface area (Å²) >= 11 is 0. The topological polar surface area (TPSA) is 26.3 Å². The number of hydrogen-bond donors (Lipinski definition) is 0. The van der Waals surface area contributed by atoms with Crippen molar-refractivity contribution in [3.8, 4) is 11.8 Å². The van der Waals surface area contributed by atoms with Crippen molar-refractivity contribution in [1.82, 2.24) is 0 Å². The van der Waals surface area contributed by atoms with Gasteiger partial charge in [0.2, 0.25) is 0 Å². The second-order valence-electron chi connectivity index (χ2n) is 5.51. The molecule has 0 unspecified atom stereocenters. The summed E-state index contributed by atoms with van der Waals surface area (Å²) in [7, 11) is -2.69. The monoisotopic (exact) mass is 342 g/mol. The Balaban J connectivity index is 2.21. The largest absolute Gasteiger partial charge is 0.393 e. The number of carbonyl (C=O) groups is 1. The highest BCUT2D eigenvalue weighted by Gasteiger charge is 2.41. The van der Waals surface area contributed by atoms with Gasteiger partial charge in [0.15, 0.2) is 6.29 Å². The van der Waals surface area contributed by atoms with Crippen molar-refractivity contribution in [3.63, 3.8) is 0 Å². The van der Waals surface area contributed by atoms with E-state index < -0.39 is 8.32 Å². The smallest absolute Gasteiger partial charge is 0.289 e. The number of carbonyl (C=O) groups excluding carboxylic acids is 1. The van der Waals surface area contributed by atoms with Crippen LogP contribution in [0.3, 0.4) is 0 Å². The van der Waals surface area contributed by atoms with Gasteiger partial charge in [0.25, 0.3) is 8.32 Å². The Labute approximate surface area is 149 Å². The number of benzene rings is 3. The summed E-state index contributed by atoms with van der Waals surface area (Å²) in [6.45, 7) is 0.212. The fourth-order valence-corrected chi connectivity index (χ4v) is 6.77. The van der Waals surface area contributed by atoms with Crippen LogP contribution in [0.25, 0.3) is 0 Å². The first kappa shape index (κ1) is 16.9.